The number of allylic oxidation sites excluding steroid dienone is 2. The highest BCUT2D eigenvalue weighted by atomic mass is 32.2. The number of nitrogens with one attached hydrogen (secondary N) is 1. The first-order valence-electron chi connectivity index (χ1n) is 9.73. The molecule has 0 radical (unpaired) electrons. The number of rotatable bonds is 10. The largest absolute Gasteiger partial charge is 0.479 e. The average molecular weight is 384 g/mol. The molecule has 1 amide bonds. The van der Waals surface area contributed by atoms with E-state index in [0.29, 0.717) is 17.7 Å². The number of amides is 1. The van der Waals surface area contributed by atoms with Crippen molar-refractivity contribution in [2.24, 2.45) is 5.41 Å². The van der Waals surface area contributed by atoms with Crippen LogP contribution in [0, 0.1) is 5.41 Å². The lowest BCUT2D eigenvalue weighted by Gasteiger charge is -2.31. The van der Waals surface area contributed by atoms with Crippen LogP contribution in [0.3, 0.4) is 0 Å². The maximum absolute atomic E-state index is 12.9. The van der Waals surface area contributed by atoms with Crippen LogP contribution in [0.2, 0.25) is 0 Å². The fraction of sp³-hybridized carbons (Fsp3) is 0.762. The molecule has 0 spiro atoms. The second-order valence-electron chi connectivity index (χ2n) is 8.01. The maximum Gasteiger partial charge on any atom is 0.242 e. The van der Waals surface area contributed by atoms with Gasteiger partial charge < -0.3 is 9.47 Å². The lowest BCUT2D eigenvalue weighted by molar-refractivity contribution is -0.122. The van der Waals surface area contributed by atoms with Gasteiger partial charge in [0.1, 0.15) is 0 Å². The summed E-state index contributed by atoms with van der Waals surface area (Å²) in [4.78, 5) is 12.9. The Balaban J connectivity index is 2.81. The molecule has 0 aromatic rings. The smallest absolute Gasteiger partial charge is 0.242 e. The van der Waals surface area contributed by atoms with Crippen LogP contribution in [0.4, 0.5) is 0 Å². The zero-order valence-electron chi connectivity index (χ0n) is 17.4. The Bertz CT molecular complexity index is 505. The van der Waals surface area contributed by atoms with Gasteiger partial charge >= 0.3 is 0 Å². The fourth-order valence-electron chi connectivity index (χ4n) is 2.43. The highest BCUT2D eigenvalue weighted by molar-refractivity contribution is 8.01. The zero-order chi connectivity index (χ0) is 19.8. The predicted octanol–water partition coefficient (Wildman–Crippen LogP) is 5.05. The van der Waals surface area contributed by atoms with Crippen LogP contribution in [0.5, 0.6) is 0 Å². The lowest BCUT2D eigenvalue weighted by atomic mass is 9.82. The molecule has 26 heavy (non-hydrogen) atoms. The lowest BCUT2D eigenvalue weighted by Crippen LogP contribution is -2.41. The van der Waals surface area contributed by atoms with Gasteiger partial charge in [0.25, 0.3) is 0 Å². The van der Waals surface area contributed by atoms with E-state index in [0.717, 1.165) is 44.5 Å². The topological polar surface area (TPSA) is 47.6 Å². The first-order valence-corrected chi connectivity index (χ1v) is 10.6. The number of carbonyl (C=O) groups excluding carboxylic acids is 1. The third kappa shape index (κ3) is 7.36. The molecule has 1 saturated heterocycles. The van der Waals surface area contributed by atoms with Crippen molar-refractivity contribution in [2.75, 3.05) is 19.8 Å². The van der Waals surface area contributed by atoms with Crippen molar-refractivity contribution in [3.63, 3.8) is 0 Å². The average Bonchev–Trinajstić information content (AvgIpc) is 2.59. The third-order valence-corrected chi connectivity index (χ3v) is 6.51. The molecule has 4 nitrogen and oxygen atoms in total. The third-order valence-electron chi connectivity index (χ3n) is 4.93. The number of carbonyl (C=O) groups is 1. The number of thioether (sulfide) groups is 1. The van der Waals surface area contributed by atoms with Crippen LogP contribution >= 0.6 is 11.8 Å². The SMILES string of the molecule is C=C(/C=C(/NC(=O)C(C)(C)SC1CCOCC1)OCCC)C(C)(C)CC. The van der Waals surface area contributed by atoms with Crippen molar-refractivity contribution in [1.82, 2.24) is 5.32 Å². The Kier molecular flexibility index (Phi) is 9.25. The van der Waals surface area contributed by atoms with Crippen LogP contribution in [0.15, 0.2) is 24.1 Å². The van der Waals surface area contributed by atoms with Gasteiger partial charge in [-0.1, -0.05) is 34.3 Å². The molecule has 150 valence electrons. The minimum atomic E-state index is -0.529. The van der Waals surface area contributed by atoms with Crippen LogP contribution in [0.25, 0.3) is 0 Å². The van der Waals surface area contributed by atoms with E-state index in [1.54, 1.807) is 11.8 Å². The Hall–Kier alpha value is -0.940. The van der Waals surface area contributed by atoms with E-state index in [-0.39, 0.29) is 11.3 Å². The van der Waals surface area contributed by atoms with Gasteiger partial charge in [0.05, 0.1) is 11.4 Å². The summed E-state index contributed by atoms with van der Waals surface area (Å²) in [5.74, 6) is 0.475. The molecule has 0 bridgehead atoms. The van der Waals surface area contributed by atoms with Crippen molar-refractivity contribution in [1.29, 1.82) is 0 Å². The molecule has 0 aromatic heterocycles. The van der Waals surface area contributed by atoms with Gasteiger partial charge in [0.15, 0.2) is 5.88 Å². The van der Waals surface area contributed by atoms with Gasteiger partial charge in [-0.3, -0.25) is 10.1 Å². The summed E-state index contributed by atoms with van der Waals surface area (Å²) in [6.07, 6.45) is 5.74. The quantitative estimate of drug-likeness (QED) is 0.423. The van der Waals surface area contributed by atoms with Gasteiger partial charge in [-0.05, 0) is 50.5 Å². The fourth-order valence-corrected chi connectivity index (χ4v) is 3.85. The Morgan fingerprint density at radius 2 is 1.88 bits per heavy atom. The monoisotopic (exact) mass is 383 g/mol. The van der Waals surface area contributed by atoms with Gasteiger partial charge in [0.2, 0.25) is 5.91 Å². The highest BCUT2D eigenvalue weighted by Gasteiger charge is 2.33. The molecule has 1 aliphatic heterocycles. The summed E-state index contributed by atoms with van der Waals surface area (Å²) in [5, 5.41) is 3.46. The van der Waals surface area contributed by atoms with E-state index in [4.69, 9.17) is 9.47 Å². The van der Waals surface area contributed by atoms with Crippen molar-refractivity contribution < 1.29 is 14.3 Å². The van der Waals surface area contributed by atoms with E-state index in [9.17, 15) is 4.79 Å². The first kappa shape index (κ1) is 23.1. The van der Waals surface area contributed by atoms with Crippen molar-refractivity contribution in [2.45, 2.75) is 77.2 Å². The number of ether oxygens (including phenoxy) is 2. The summed E-state index contributed by atoms with van der Waals surface area (Å²) in [6, 6.07) is 0. The molecule has 5 heteroatoms. The van der Waals surface area contributed by atoms with E-state index >= 15 is 0 Å². The molecule has 1 heterocycles. The van der Waals surface area contributed by atoms with Gasteiger partial charge in [-0.15, -0.1) is 11.8 Å². The van der Waals surface area contributed by atoms with Crippen molar-refractivity contribution in [3.05, 3.63) is 24.1 Å². The Labute approximate surface area is 164 Å². The second kappa shape index (κ2) is 10.4. The summed E-state index contributed by atoms with van der Waals surface area (Å²) in [7, 11) is 0. The second-order valence-corrected chi connectivity index (χ2v) is 9.94. The number of hydrogen-bond acceptors (Lipinski definition) is 4. The maximum atomic E-state index is 12.9. The van der Waals surface area contributed by atoms with Crippen LogP contribution in [-0.4, -0.2) is 35.7 Å². The molecule has 1 fully saturated rings. The van der Waals surface area contributed by atoms with Crippen LogP contribution < -0.4 is 5.32 Å². The first-order chi connectivity index (χ1) is 12.1. The number of hydrogen-bond donors (Lipinski definition) is 1. The minimum absolute atomic E-state index is 0.0292. The zero-order valence-corrected chi connectivity index (χ0v) is 18.3. The molecule has 0 aliphatic carbocycles. The molecule has 0 unspecified atom stereocenters. The van der Waals surface area contributed by atoms with Crippen molar-refractivity contribution in [3.8, 4) is 0 Å². The minimum Gasteiger partial charge on any atom is -0.479 e. The summed E-state index contributed by atoms with van der Waals surface area (Å²) < 4.78 is 10.7. The molecule has 1 aliphatic rings. The van der Waals surface area contributed by atoms with Crippen molar-refractivity contribution >= 4 is 17.7 Å². The molecular formula is C21H37NO3S. The molecule has 1 N–H and O–H groups in total. The van der Waals surface area contributed by atoms with E-state index < -0.39 is 4.75 Å². The van der Waals surface area contributed by atoms with Gasteiger partial charge in [0, 0.05) is 24.5 Å². The van der Waals surface area contributed by atoms with Crippen LogP contribution in [-0.2, 0) is 14.3 Å². The normalized spacial score (nSPS) is 17.1. The van der Waals surface area contributed by atoms with E-state index in [1.807, 2.05) is 19.9 Å². The summed E-state index contributed by atoms with van der Waals surface area (Å²) in [6.45, 7) is 18.8. The summed E-state index contributed by atoms with van der Waals surface area (Å²) >= 11 is 1.73. The molecule has 1 rings (SSSR count). The molecular weight excluding hydrogens is 346 g/mol. The Morgan fingerprint density at radius 3 is 2.42 bits per heavy atom. The van der Waals surface area contributed by atoms with E-state index in [1.165, 1.54) is 0 Å². The van der Waals surface area contributed by atoms with Gasteiger partial charge in [-0.2, -0.15) is 0 Å². The highest BCUT2D eigenvalue weighted by Crippen LogP contribution is 2.34. The van der Waals surface area contributed by atoms with Crippen LogP contribution in [0.1, 0.15) is 67.2 Å². The molecule has 0 aromatic carbocycles. The van der Waals surface area contributed by atoms with Gasteiger partial charge in [-0.25, -0.2) is 0 Å². The Morgan fingerprint density at radius 1 is 1.27 bits per heavy atom. The molecule has 0 saturated carbocycles. The molecule has 0 atom stereocenters. The standard InChI is InChI=1S/C21H37NO3S/c1-8-12-25-18(15-16(3)20(4,5)9-2)22-19(23)21(6,7)26-17-10-13-24-14-11-17/h15,17H,3,8-14H2,1-2,4-7H3,(H,22,23)/b18-15-. The predicted molar refractivity (Wildman–Crippen MR) is 111 cm³/mol. The van der Waals surface area contributed by atoms with E-state index in [2.05, 4.69) is 39.6 Å². The summed E-state index contributed by atoms with van der Waals surface area (Å²) in [5.41, 5.74) is 0.930.